The molecule has 0 aliphatic rings. The Morgan fingerprint density at radius 3 is 2.05 bits per heavy atom. The zero-order chi connectivity index (χ0) is 14.5. The van der Waals surface area contributed by atoms with E-state index in [9.17, 15) is 0 Å². The van der Waals surface area contributed by atoms with Crippen LogP contribution in [0.3, 0.4) is 0 Å². The van der Waals surface area contributed by atoms with Gasteiger partial charge < -0.3 is 0 Å². The summed E-state index contributed by atoms with van der Waals surface area (Å²) in [6.07, 6.45) is 4.23. The summed E-state index contributed by atoms with van der Waals surface area (Å²) in [7, 11) is 0. The van der Waals surface area contributed by atoms with E-state index < -0.39 is 0 Å². The normalized spacial score (nSPS) is 10.5. The molecule has 3 rings (SSSR count). The van der Waals surface area contributed by atoms with E-state index >= 15 is 0 Å². The third-order valence-electron chi connectivity index (χ3n) is 3.66. The smallest absolute Gasteiger partial charge is 0.0708 e. The summed E-state index contributed by atoms with van der Waals surface area (Å²) >= 11 is 0. The Balaban J connectivity index is 2.11. The Bertz CT molecular complexity index is 702. The van der Waals surface area contributed by atoms with E-state index in [0.717, 1.165) is 24.1 Å². The first-order chi connectivity index (χ1) is 10.4. The van der Waals surface area contributed by atoms with Crippen LogP contribution in [0.15, 0.2) is 72.9 Å². The lowest BCUT2D eigenvalue weighted by molar-refractivity contribution is 0.916. The van der Waals surface area contributed by atoms with Crippen molar-refractivity contribution >= 4 is 0 Å². The van der Waals surface area contributed by atoms with E-state index in [1.54, 1.807) is 0 Å². The molecule has 0 amide bonds. The molecule has 0 saturated heterocycles. The van der Waals surface area contributed by atoms with Gasteiger partial charge in [-0.25, -0.2) is 0 Å². The topological polar surface area (TPSA) is 12.9 Å². The molecule has 21 heavy (non-hydrogen) atoms. The fraction of sp³-hybridized carbons (Fsp3) is 0.150. The van der Waals surface area contributed by atoms with Gasteiger partial charge >= 0.3 is 0 Å². The van der Waals surface area contributed by atoms with Crippen LogP contribution in [0.4, 0.5) is 0 Å². The van der Waals surface area contributed by atoms with Crippen LogP contribution in [0.1, 0.15) is 18.9 Å². The Morgan fingerprint density at radius 2 is 1.43 bits per heavy atom. The molecule has 0 N–H and O–H groups in total. The standard InChI is InChI=1S/C20H19N/c1-2-9-18-15-21-20(17-12-7-4-8-13-17)14-19(18)16-10-5-3-6-11-16/h3-8,10-15H,2,9H2,1H3. The second kappa shape index (κ2) is 6.36. The third-order valence-corrected chi connectivity index (χ3v) is 3.66. The number of hydrogen-bond acceptors (Lipinski definition) is 1. The second-order valence-electron chi connectivity index (χ2n) is 5.21. The molecule has 0 atom stereocenters. The van der Waals surface area contributed by atoms with Gasteiger partial charge in [-0.3, -0.25) is 4.98 Å². The summed E-state index contributed by atoms with van der Waals surface area (Å²) in [5, 5.41) is 0. The molecule has 0 aliphatic carbocycles. The number of aromatic nitrogens is 1. The van der Waals surface area contributed by atoms with Crippen LogP contribution in [0.5, 0.6) is 0 Å². The molecular formula is C20H19N. The fourth-order valence-corrected chi connectivity index (χ4v) is 2.61. The molecule has 1 aromatic heterocycles. The van der Waals surface area contributed by atoms with Crippen molar-refractivity contribution in [3.63, 3.8) is 0 Å². The van der Waals surface area contributed by atoms with Crippen LogP contribution < -0.4 is 0 Å². The first-order valence-electron chi connectivity index (χ1n) is 7.48. The number of rotatable bonds is 4. The predicted molar refractivity (Wildman–Crippen MR) is 89.1 cm³/mol. The lowest BCUT2D eigenvalue weighted by Crippen LogP contribution is -1.94. The third kappa shape index (κ3) is 3.03. The van der Waals surface area contributed by atoms with Crippen molar-refractivity contribution in [3.8, 4) is 22.4 Å². The zero-order valence-electron chi connectivity index (χ0n) is 12.3. The first-order valence-corrected chi connectivity index (χ1v) is 7.48. The number of hydrogen-bond donors (Lipinski definition) is 0. The average molecular weight is 273 g/mol. The van der Waals surface area contributed by atoms with Crippen molar-refractivity contribution in [1.82, 2.24) is 4.98 Å². The molecule has 1 heterocycles. The molecule has 0 radical (unpaired) electrons. The van der Waals surface area contributed by atoms with Crippen LogP contribution in [0, 0.1) is 0 Å². The van der Waals surface area contributed by atoms with Gasteiger partial charge in [-0.1, -0.05) is 74.0 Å². The minimum Gasteiger partial charge on any atom is -0.256 e. The molecule has 0 saturated carbocycles. The van der Waals surface area contributed by atoms with Crippen LogP contribution in [-0.2, 0) is 6.42 Å². The fourth-order valence-electron chi connectivity index (χ4n) is 2.61. The molecule has 0 spiro atoms. The number of benzene rings is 2. The molecule has 0 bridgehead atoms. The van der Waals surface area contributed by atoms with Crippen LogP contribution in [-0.4, -0.2) is 4.98 Å². The number of pyridine rings is 1. The Kier molecular flexibility index (Phi) is 4.11. The maximum atomic E-state index is 4.65. The summed E-state index contributed by atoms with van der Waals surface area (Å²) in [6.45, 7) is 2.21. The van der Waals surface area contributed by atoms with Gasteiger partial charge in [0.15, 0.2) is 0 Å². The summed E-state index contributed by atoms with van der Waals surface area (Å²) < 4.78 is 0. The SMILES string of the molecule is CCCc1cnc(-c2ccccc2)cc1-c1ccccc1. The molecule has 3 aromatic rings. The van der Waals surface area contributed by atoms with E-state index in [0.29, 0.717) is 0 Å². The van der Waals surface area contributed by atoms with Crippen LogP contribution in [0.2, 0.25) is 0 Å². The van der Waals surface area contributed by atoms with Gasteiger partial charge in [0.05, 0.1) is 5.69 Å². The van der Waals surface area contributed by atoms with Crippen LogP contribution >= 0.6 is 0 Å². The second-order valence-corrected chi connectivity index (χ2v) is 5.21. The first kappa shape index (κ1) is 13.6. The van der Waals surface area contributed by atoms with E-state index in [1.807, 2.05) is 12.3 Å². The van der Waals surface area contributed by atoms with Crippen molar-refractivity contribution in [1.29, 1.82) is 0 Å². The van der Waals surface area contributed by atoms with E-state index in [4.69, 9.17) is 0 Å². The molecule has 1 heteroatoms. The molecule has 0 aliphatic heterocycles. The minimum absolute atomic E-state index is 1.04. The maximum Gasteiger partial charge on any atom is 0.0708 e. The minimum atomic E-state index is 1.04. The van der Waals surface area contributed by atoms with Crippen molar-refractivity contribution in [2.45, 2.75) is 19.8 Å². The van der Waals surface area contributed by atoms with Gasteiger partial charge in [0.1, 0.15) is 0 Å². The van der Waals surface area contributed by atoms with E-state index in [-0.39, 0.29) is 0 Å². The molecular weight excluding hydrogens is 254 g/mol. The van der Waals surface area contributed by atoms with E-state index in [2.05, 4.69) is 72.6 Å². The zero-order valence-corrected chi connectivity index (χ0v) is 12.3. The molecule has 1 nitrogen and oxygen atoms in total. The highest BCUT2D eigenvalue weighted by molar-refractivity contribution is 5.73. The Hall–Kier alpha value is -2.41. The van der Waals surface area contributed by atoms with Gasteiger partial charge in [-0.2, -0.15) is 0 Å². The van der Waals surface area contributed by atoms with Gasteiger partial charge in [0.2, 0.25) is 0 Å². The van der Waals surface area contributed by atoms with Crippen molar-refractivity contribution in [3.05, 3.63) is 78.5 Å². The molecule has 2 aromatic carbocycles. The highest BCUT2D eigenvalue weighted by Crippen LogP contribution is 2.28. The summed E-state index contributed by atoms with van der Waals surface area (Å²) in [5.74, 6) is 0. The van der Waals surface area contributed by atoms with Crippen molar-refractivity contribution in [2.75, 3.05) is 0 Å². The summed E-state index contributed by atoms with van der Waals surface area (Å²) in [4.78, 5) is 4.65. The highest BCUT2D eigenvalue weighted by Gasteiger charge is 2.08. The number of nitrogens with zero attached hydrogens (tertiary/aromatic N) is 1. The predicted octanol–water partition coefficient (Wildman–Crippen LogP) is 5.37. The van der Waals surface area contributed by atoms with Crippen molar-refractivity contribution < 1.29 is 0 Å². The molecule has 0 unspecified atom stereocenters. The largest absolute Gasteiger partial charge is 0.256 e. The van der Waals surface area contributed by atoms with Crippen LogP contribution in [0.25, 0.3) is 22.4 Å². The Morgan fingerprint density at radius 1 is 0.810 bits per heavy atom. The highest BCUT2D eigenvalue weighted by atomic mass is 14.7. The van der Waals surface area contributed by atoms with Crippen molar-refractivity contribution in [2.24, 2.45) is 0 Å². The lowest BCUT2D eigenvalue weighted by atomic mass is 9.96. The number of aryl methyl sites for hydroxylation is 1. The van der Waals surface area contributed by atoms with Gasteiger partial charge in [0.25, 0.3) is 0 Å². The quantitative estimate of drug-likeness (QED) is 0.623. The lowest BCUT2D eigenvalue weighted by Gasteiger charge is -2.11. The Labute approximate surface area is 126 Å². The van der Waals surface area contributed by atoms with Gasteiger partial charge in [-0.05, 0) is 29.2 Å². The molecule has 0 fully saturated rings. The molecule has 104 valence electrons. The summed E-state index contributed by atoms with van der Waals surface area (Å²) in [5.41, 5.74) is 6.09. The monoisotopic (exact) mass is 273 g/mol. The van der Waals surface area contributed by atoms with Gasteiger partial charge in [-0.15, -0.1) is 0 Å². The average Bonchev–Trinajstić information content (AvgIpc) is 2.57. The van der Waals surface area contributed by atoms with E-state index in [1.165, 1.54) is 16.7 Å². The maximum absolute atomic E-state index is 4.65. The van der Waals surface area contributed by atoms with Gasteiger partial charge in [0, 0.05) is 11.8 Å². The summed E-state index contributed by atoms with van der Waals surface area (Å²) in [6, 6.07) is 23.2.